The topological polar surface area (TPSA) is 69.6 Å². The van der Waals surface area contributed by atoms with Gasteiger partial charge in [-0.05, 0) is 29.1 Å². The number of hydrogen-bond donors (Lipinski definition) is 2. The van der Waals surface area contributed by atoms with E-state index in [0.29, 0.717) is 11.6 Å². The second-order valence-corrected chi connectivity index (χ2v) is 7.87. The predicted molar refractivity (Wildman–Crippen MR) is 106 cm³/mol. The summed E-state index contributed by atoms with van der Waals surface area (Å²) in [6.07, 6.45) is 5.11. The molecule has 1 aromatic carbocycles. The van der Waals surface area contributed by atoms with Gasteiger partial charge in [-0.25, -0.2) is 0 Å². The summed E-state index contributed by atoms with van der Waals surface area (Å²) >= 11 is 9.15. The van der Waals surface area contributed by atoms with E-state index in [2.05, 4.69) is 21.2 Å². The highest BCUT2D eigenvalue weighted by atomic mass is 79.9. The van der Waals surface area contributed by atoms with E-state index >= 15 is 0 Å². The molecule has 1 heterocycles. The van der Waals surface area contributed by atoms with Gasteiger partial charge in [0.2, 0.25) is 11.8 Å². The fourth-order valence-corrected chi connectivity index (χ4v) is 3.01. The van der Waals surface area contributed by atoms with Gasteiger partial charge in [0.05, 0.1) is 6.10 Å². The van der Waals surface area contributed by atoms with Gasteiger partial charge in [-0.2, -0.15) is 0 Å². The molecule has 7 heteroatoms. The summed E-state index contributed by atoms with van der Waals surface area (Å²) in [6, 6.07) is 6.53. The Bertz CT molecular complexity index is 699. The zero-order valence-electron chi connectivity index (χ0n) is 14.5. The molecule has 26 heavy (non-hydrogen) atoms. The first-order valence-electron chi connectivity index (χ1n) is 8.35. The largest absolute Gasteiger partial charge is 0.391 e. The molecule has 2 amide bonds. The lowest BCUT2D eigenvalue weighted by Crippen LogP contribution is -2.45. The van der Waals surface area contributed by atoms with Crippen molar-refractivity contribution in [3.05, 3.63) is 57.6 Å². The van der Waals surface area contributed by atoms with Gasteiger partial charge in [0.15, 0.2) is 0 Å². The highest BCUT2D eigenvalue weighted by Gasteiger charge is 2.38. The highest BCUT2D eigenvalue weighted by Crippen LogP contribution is 2.20. The Hall–Kier alpha value is -1.63. The van der Waals surface area contributed by atoms with Crippen molar-refractivity contribution >= 4 is 39.3 Å². The van der Waals surface area contributed by atoms with E-state index in [1.807, 2.05) is 25.1 Å². The predicted octanol–water partition coefficient (Wildman–Crippen LogP) is 3.16. The minimum absolute atomic E-state index is 0.176. The minimum Gasteiger partial charge on any atom is -0.391 e. The molecular weight excluding hydrogens is 420 g/mol. The van der Waals surface area contributed by atoms with E-state index in [4.69, 9.17) is 11.6 Å². The van der Waals surface area contributed by atoms with Crippen molar-refractivity contribution in [1.82, 2.24) is 10.2 Å². The zero-order valence-corrected chi connectivity index (χ0v) is 16.8. The molecule has 1 fully saturated rings. The highest BCUT2D eigenvalue weighted by molar-refractivity contribution is 9.11. The number of allylic oxidation sites excluding steroid dienone is 3. The smallest absolute Gasteiger partial charge is 0.243 e. The van der Waals surface area contributed by atoms with Gasteiger partial charge < -0.3 is 15.3 Å². The van der Waals surface area contributed by atoms with Crippen LogP contribution >= 0.6 is 27.5 Å². The van der Waals surface area contributed by atoms with E-state index in [0.717, 1.165) is 10.0 Å². The first kappa shape index (κ1) is 20.7. The van der Waals surface area contributed by atoms with Crippen LogP contribution in [0.4, 0.5) is 0 Å². The number of carbonyl (C=O) groups is 2. The van der Waals surface area contributed by atoms with Crippen molar-refractivity contribution in [2.45, 2.75) is 38.5 Å². The summed E-state index contributed by atoms with van der Waals surface area (Å²) in [6.45, 7) is 2.42. The standard InChI is InChI=1S/C19H22BrClN2O3/c1-13(20)4-2-3-5-18(25)23-12-16(24)10-17(23)19(26)22-11-14-6-8-15(21)9-7-14/h2-4,6-9,16-17,24H,5,10-12H2,1H3,(H,22,26)/b3-2-,13-4+/t16-,17+/m1/s1. The second-order valence-electron chi connectivity index (χ2n) is 6.18. The van der Waals surface area contributed by atoms with Crippen LogP contribution in [0.3, 0.4) is 0 Å². The lowest BCUT2D eigenvalue weighted by atomic mass is 10.1. The Morgan fingerprint density at radius 1 is 1.38 bits per heavy atom. The number of benzene rings is 1. The van der Waals surface area contributed by atoms with Crippen LogP contribution in [0.15, 0.2) is 47.0 Å². The molecule has 1 aliphatic heterocycles. The van der Waals surface area contributed by atoms with Gasteiger partial charge in [0.1, 0.15) is 6.04 Å². The second kappa shape index (κ2) is 9.90. The average molecular weight is 442 g/mol. The molecule has 0 radical (unpaired) electrons. The number of hydrogen-bond acceptors (Lipinski definition) is 3. The number of nitrogens with one attached hydrogen (secondary N) is 1. The molecule has 2 rings (SSSR count). The van der Waals surface area contributed by atoms with E-state index in [9.17, 15) is 14.7 Å². The summed E-state index contributed by atoms with van der Waals surface area (Å²) in [5.74, 6) is -0.435. The molecule has 0 aliphatic carbocycles. The van der Waals surface area contributed by atoms with Crippen molar-refractivity contribution in [2.24, 2.45) is 0 Å². The van der Waals surface area contributed by atoms with Crippen LogP contribution in [0, 0.1) is 0 Å². The Kier molecular flexibility index (Phi) is 7.87. The molecule has 1 aliphatic rings. The third-order valence-corrected chi connectivity index (χ3v) is 4.55. The van der Waals surface area contributed by atoms with Crippen molar-refractivity contribution in [3.63, 3.8) is 0 Å². The van der Waals surface area contributed by atoms with Crippen molar-refractivity contribution in [1.29, 1.82) is 0 Å². The lowest BCUT2D eigenvalue weighted by Gasteiger charge is -2.23. The van der Waals surface area contributed by atoms with Crippen LogP contribution in [0.1, 0.15) is 25.3 Å². The lowest BCUT2D eigenvalue weighted by molar-refractivity contribution is -0.137. The van der Waals surface area contributed by atoms with Gasteiger partial charge >= 0.3 is 0 Å². The Morgan fingerprint density at radius 3 is 2.73 bits per heavy atom. The third-order valence-electron chi connectivity index (χ3n) is 4.04. The van der Waals surface area contributed by atoms with Crippen molar-refractivity contribution in [3.8, 4) is 0 Å². The van der Waals surface area contributed by atoms with Crippen molar-refractivity contribution < 1.29 is 14.7 Å². The molecule has 1 saturated heterocycles. The number of aliphatic hydroxyl groups excluding tert-OH is 1. The van der Waals surface area contributed by atoms with Crippen LogP contribution in [0.25, 0.3) is 0 Å². The molecule has 0 aromatic heterocycles. The Labute approximate surface area is 166 Å². The maximum Gasteiger partial charge on any atom is 0.243 e. The maximum atomic E-state index is 12.5. The van der Waals surface area contributed by atoms with Crippen LogP contribution in [0.2, 0.25) is 5.02 Å². The van der Waals surface area contributed by atoms with Crippen LogP contribution in [0.5, 0.6) is 0 Å². The summed E-state index contributed by atoms with van der Waals surface area (Å²) in [5, 5.41) is 13.4. The fraction of sp³-hybridized carbons (Fsp3) is 0.368. The normalized spacial score (nSPS) is 20.6. The molecule has 2 atom stereocenters. The van der Waals surface area contributed by atoms with E-state index in [-0.39, 0.29) is 31.2 Å². The fourth-order valence-electron chi connectivity index (χ4n) is 2.73. The van der Waals surface area contributed by atoms with Crippen LogP contribution in [-0.2, 0) is 16.1 Å². The Morgan fingerprint density at radius 2 is 2.08 bits per heavy atom. The van der Waals surface area contributed by atoms with E-state index < -0.39 is 12.1 Å². The van der Waals surface area contributed by atoms with Gasteiger partial charge in [0.25, 0.3) is 0 Å². The van der Waals surface area contributed by atoms with Crippen molar-refractivity contribution in [2.75, 3.05) is 6.54 Å². The Balaban J connectivity index is 1.93. The first-order chi connectivity index (χ1) is 12.4. The zero-order chi connectivity index (χ0) is 19.1. The summed E-state index contributed by atoms with van der Waals surface area (Å²) < 4.78 is 0.956. The number of likely N-dealkylation sites (tertiary alicyclic amines) is 1. The number of halogens is 2. The molecule has 5 nitrogen and oxygen atoms in total. The molecule has 0 spiro atoms. The molecule has 0 unspecified atom stereocenters. The summed E-state index contributed by atoms with van der Waals surface area (Å²) in [4.78, 5) is 26.3. The number of rotatable bonds is 6. The number of amides is 2. The van der Waals surface area contributed by atoms with Crippen LogP contribution in [-0.4, -0.2) is 40.5 Å². The van der Waals surface area contributed by atoms with Crippen LogP contribution < -0.4 is 5.32 Å². The third kappa shape index (κ3) is 6.27. The first-order valence-corrected chi connectivity index (χ1v) is 9.52. The number of aliphatic hydroxyl groups is 1. The quantitative estimate of drug-likeness (QED) is 0.666. The van der Waals surface area contributed by atoms with E-state index in [1.165, 1.54) is 4.90 Å². The number of carbonyl (C=O) groups excluding carboxylic acids is 2. The monoisotopic (exact) mass is 440 g/mol. The average Bonchev–Trinajstić information content (AvgIpc) is 2.99. The van der Waals surface area contributed by atoms with Gasteiger partial charge in [-0.15, -0.1) is 0 Å². The summed E-state index contributed by atoms with van der Waals surface area (Å²) in [5.41, 5.74) is 0.916. The molecular formula is C19H22BrClN2O3. The molecule has 140 valence electrons. The number of nitrogens with zero attached hydrogens (tertiary/aromatic N) is 1. The number of β-amino-alcohol motifs (C(OH)–C–C–N with tert-alkyl or cyclic N) is 1. The maximum absolute atomic E-state index is 12.5. The van der Waals surface area contributed by atoms with Gasteiger partial charge in [0, 0.05) is 31.0 Å². The van der Waals surface area contributed by atoms with Gasteiger partial charge in [-0.1, -0.05) is 57.9 Å². The van der Waals surface area contributed by atoms with Gasteiger partial charge in [-0.3, -0.25) is 9.59 Å². The van der Waals surface area contributed by atoms with E-state index in [1.54, 1.807) is 24.3 Å². The SMILES string of the molecule is C/C(Br)=C\C=C/CC(=O)N1C[C@H](O)C[C@H]1C(=O)NCc1ccc(Cl)cc1. The molecule has 0 saturated carbocycles. The summed E-state index contributed by atoms with van der Waals surface area (Å²) in [7, 11) is 0. The molecule has 0 bridgehead atoms. The minimum atomic E-state index is -0.682. The molecule has 1 aromatic rings. The molecule has 2 N–H and O–H groups in total.